The van der Waals surface area contributed by atoms with Crippen LogP contribution in [0.1, 0.15) is 20.8 Å². The van der Waals surface area contributed by atoms with Crippen LogP contribution in [0.15, 0.2) is 144 Å². The first-order valence-corrected chi connectivity index (χ1v) is 24.4. The van der Waals surface area contributed by atoms with E-state index in [9.17, 15) is 9.59 Å². The molecule has 10 heteroatoms. The zero-order valence-electron chi connectivity index (χ0n) is 27.1. The van der Waals surface area contributed by atoms with Crippen LogP contribution in [0.2, 0.25) is 0 Å². The zero-order chi connectivity index (χ0) is 34.5. The first kappa shape index (κ1) is 37.7. The molecule has 0 saturated carbocycles. The fourth-order valence-electron chi connectivity index (χ4n) is 4.89. The number of pyridine rings is 2. The molecule has 6 rings (SSSR count). The van der Waals surface area contributed by atoms with Gasteiger partial charge in [-0.05, 0) is 53.9 Å². The predicted octanol–water partition coefficient (Wildman–Crippen LogP) is 7.26. The Kier molecular flexibility index (Phi) is 14.6. The number of carbonyl (C=O) groups excluding carboxylic acids is 1. The van der Waals surface area contributed by atoms with Crippen molar-refractivity contribution in [3.05, 3.63) is 150 Å². The Bertz CT molecular complexity index is 1920. The number of halogens is 2. The minimum atomic E-state index is -1.25. The normalized spacial score (nSPS) is 11.6. The van der Waals surface area contributed by atoms with E-state index in [2.05, 4.69) is 101 Å². The van der Waals surface area contributed by atoms with E-state index in [1.165, 1.54) is 15.9 Å². The summed E-state index contributed by atoms with van der Waals surface area (Å²) in [5, 5.41) is 8.47. The van der Waals surface area contributed by atoms with Crippen LogP contribution in [0.4, 0.5) is 5.82 Å². The molecule has 1 unspecified atom stereocenters. The maximum absolute atomic E-state index is 12.5. The van der Waals surface area contributed by atoms with Crippen molar-refractivity contribution in [3.63, 3.8) is 0 Å². The first-order chi connectivity index (χ1) is 23.1. The SMILES string of the molecule is C[PH+](c1ccccc1)c1cccc(NC(=O)C(C)(C)C)n1.O=c1[nH]c([PH+](c2ccccc2)c2ccccc2)cc2ccccc12.[Cl][Pt][Cl]. The van der Waals surface area contributed by atoms with Gasteiger partial charge >= 0.3 is 35.3 Å². The molecule has 0 spiro atoms. The van der Waals surface area contributed by atoms with Gasteiger partial charge in [0.1, 0.15) is 24.3 Å². The van der Waals surface area contributed by atoms with Crippen molar-refractivity contribution in [1.29, 1.82) is 0 Å². The molecule has 0 bridgehead atoms. The third-order valence-corrected chi connectivity index (χ3v) is 12.3. The number of aromatic amines is 1. The average Bonchev–Trinajstić information content (AvgIpc) is 3.10. The summed E-state index contributed by atoms with van der Waals surface area (Å²) in [5.74, 6) is 0.615. The van der Waals surface area contributed by atoms with Gasteiger partial charge in [-0.25, -0.2) is 0 Å². The summed E-state index contributed by atoms with van der Waals surface area (Å²) in [6, 6.07) is 47.0. The second-order valence-electron chi connectivity index (χ2n) is 11.9. The number of hydrogen-bond donors (Lipinski definition) is 2. The Morgan fingerprint density at radius 1 is 0.729 bits per heavy atom. The standard InChI is InChI=1S/C21H16NOP.C17H21N2OP.2ClH.Pt/c23-21-19-14-8-7-9-16(19)15-20(22-21)24(17-10-3-1-4-11-17)18-12-5-2-6-13-18;1-17(2,3)16(20)19-14-11-8-12-15(18-14)21(4)13-9-6-5-7-10-13;;;/h1-15H,(H,22,23);5-12H,1-4H3,(H,18,19,20);2*1H;/q;;;;+2. The summed E-state index contributed by atoms with van der Waals surface area (Å²) in [4.78, 5) is 32.3. The number of H-pyrrole nitrogens is 1. The Morgan fingerprint density at radius 3 is 1.77 bits per heavy atom. The predicted molar refractivity (Wildman–Crippen MR) is 209 cm³/mol. The van der Waals surface area contributed by atoms with Crippen molar-refractivity contribution in [2.75, 3.05) is 12.0 Å². The number of anilines is 1. The summed E-state index contributed by atoms with van der Waals surface area (Å²) >= 11 is -0.472. The molecule has 0 aliphatic heterocycles. The fourth-order valence-corrected chi connectivity index (χ4v) is 9.05. The second-order valence-corrected chi connectivity index (χ2v) is 19.9. The summed E-state index contributed by atoms with van der Waals surface area (Å²) in [7, 11) is 7.61. The summed E-state index contributed by atoms with van der Waals surface area (Å²) in [6.45, 7) is 7.90. The molecule has 0 aliphatic rings. The van der Waals surface area contributed by atoms with Gasteiger partial charge < -0.3 is 5.32 Å². The van der Waals surface area contributed by atoms with E-state index in [1.54, 1.807) is 0 Å². The Morgan fingerprint density at radius 2 is 1.23 bits per heavy atom. The molecule has 0 saturated heterocycles. The van der Waals surface area contributed by atoms with Crippen molar-refractivity contribution in [2.24, 2.45) is 5.41 Å². The molecule has 0 radical (unpaired) electrons. The van der Waals surface area contributed by atoms with Gasteiger partial charge in [-0.1, -0.05) is 99.6 Å². The molecule has 5 nitrogen and oxygen atoms in total. The molecule has 0 fully saturated rings. The number of fused-ring (bicyclic) bond motifs is 1. The van der Waals surface area contributed by atoms with Crippen LogP contribution >= 0.6 is 34.7 Å². The van der Waals surface area contributed by atoms with Gasteiger partial charge in [-0.2, -0.15) is 4.98 Å². The molecule has 2 aromatic heterocycles. The number of rotatable bonds is 6. The zero-order valence-corrected chi connectivity index (χ0v) is 32.9. The van der Waals surface area contributed by atoms with Crippen molar-refractivity contribution in [2.45, 2.75) is 20.8 Å². The number of benzene rings is 4. The molecule has 1 atom stereocenters. The quantitative estimate of drug-likeness (QED) is 0.173. The van der Waals surface area contributed by atoms with Crippen LogP contribution in [-0.2, 0) is 21.3 Å². The molecule has 6 aromatic rings. The maximum atomic E-state index is 12.5. The Balaban J connectivity index is 0.000000202. The number of nitrogens with zero attached hydrogens (tertiary/aromatic N) is 1. The molecule has 250 valence electrons. The van der Waals surface area contributed by atoms with Gasteiger partial charge in [0.2, 0.25) is 5.91 Å². The van der Waals surface area contributed by atoms with E-state index in [0.29, 0.717) is 5.82 Å². The van der Waals surface area contributed by atoms with Crippen LogP contribution in [0.3, 0.4) is 0 Å². The Hall–Kier alpha value is -3.16. The van der Waals surface area contributed by atoms with Crippen LogP contribution in [0.5, 0.6) is 0 Å². The summed E-state index contributed by atoms with van der Waals surface area (Å²) < 4.78 is 0. The van der Waals surface area contributed by atoms with E-state index in [0.717, 1.165) is 21.6 Å². The molecule has 48 heavy (non-hydrogen) atoms. The molecular weight excluding hydrogens is 858 g/mol. The van der Waals surface area contributed by atoms with Crippen LogP contribution < -0.4 is 37.7 Å². The van der Waals surface area contributed by atoms with E-state index in [-0.39, 0.29) is 11.5 Å². The molecule has 1 amide bonds. The fraction of sp³-hybridized carbons (Fsp3) is 0.132. The van der Waals surface area contributed by atoms with Gasteiger partial charge in [0.15, 0.2) is 10.9 Å². The van der Waals surface area contributed by atoms with Crippen molar-refractivity contribution >= 4 is 84.0 Å². The van der Waals surface area contributed by atoms with Gasteiger partial charge in [0.05, 0.1) is 19.9 Å². The van der Waals surface area contributed by atoms with Crippen LogP contribution in [0.25, 0.3) is 10.8 Å². The van der Waals surface area contributed by atoms with Crippen molar-refractivity contribution in [1.82, 2.24) is 9.97 Å². The summed E-state index contributed by atoms with van der Waals surface area (Å²) in [5.41, 5.74) is 1.63. The molecule has 2 N–H and O–H groups in total. The van der Waals surface area contributed by atoms with Crippen molar-refractivity contribution < 1.29 is 21.3 Å². The van der Waals surface area contributed by atoms with E-state index in [1.807, 2.05) is 81.4 Å². The topological polar surface area (TPSA) is 74.8 Å². The van der Waals surface area contributed by atoms with Crippen LogP contribution in [-0.4, -0.2) is 22.5 Å². The third-order valence-electron chi connectivity index (χ3n) is 7.41. The molecule has 0 aliphatic carbocycles. The number of carbonyl (C=O) groups is 1. The summed E-state index contributed by atoms with van der Waals surface area (Å²) in [6.07, 6.45) is 0. The average molecular weight is 898 g/mol. The van der Waals surface area contributed by atoms with E-state index in [4.69, 9.17) is 18.8 Å². The van der Waals surface area contributed by atoms with Gasteiger partial charge in [-0.15, -0.1) is 0 Å². The molecule has 4 aromatic carbocycles. The number of amides is 1. The Labute approximate surface area is 301 Å². The number of aromatic nitrogens is 2. The second kappa shape index (κ2) is 18.6. The third kappa shape index (κ3) is 10.7. The van der Waals surface area contributed by atoms with E-state index >= 15 is 0 Å². The van der Waals surface area contributed by atoms with Gasteiger partial charge in [0.25, 0.3) is 5.56 Å². The minimum absolute atomic E-state index is 0.0162. The van der Waals surface area contributed by atoms with E-state index < -0.39 is 37.7 Å². The van der Waals surface area contributed by atoms with Crippen molar-refractivity contribution in [3.8, 4) is 0 Å². The van der Waals surface area contributed by atoms with Crippen LogP contribution in [0, 0.1) is 5.41 Å². The first-order valence-electron chi connectivity index (χ1n) is 15.2. The number of nitrogens with one attached hydrogen (secondary N) is 2. The number of hydrogen-bond acceptors (Lipinski definition) is 3. The van der Waals surface area contributed by atoms with Gasteiger partial charge in [0, 0.05) is 22.9 Å². The molecular formula is C38H39Cl2N3O2P2Pt+2. The monoisotopic (exact) mass is 896 g/mol. The van der Waals surface area contributed by atoms with Gasteiger partial charge in [-0.3, -0.25) is 14.6 Å². The molecule has 2 heterocycles.